The molecule has 7 nitrogen and oxygen atoms in total. The average molecular weight is 469 g/mol. The fourth-order valence-electron chi connectivity index (χ4n) is 3.81. The number of carbonyl (C=O) groups is 2. The zero-order valence-electron chi connectivity index (χ0n) is 16.7. The van der Waals surface area contributed by atoms with Gasteiger partial charge in [-0.2, -0.15) is 0 Å². The van der Waals surface area contributed by atoms with Crippen molar-refractivity contribution in [3.05, 3.63) is 85.4 Å². The topological polar surface area (TPSA) is 102 Å². The summed E-state index contributed by atoms with van der Waals surface area (Å²) in [5.74, 6) is -0.390. The minimum atomic E-state index is -0.598. The Hall–Kier alpha value is -3.36. The minimum absolute atomic E-state index is 0.139. The molecule has 0 radical (unpaired) electrons. The molecule has 0 spiro atoms. The molecule has 3 aromatic heterocycles. The third kappa shape index (κ3) is 3.83. The summed E-state index contributed by atoms with van der Waals surface area (Å²) in [5, 5.41) is 6.75. The van der Waals surface area contributed by atoms with Crippen molar-refractivity contribution in [2.75, 3.05) is 5.32 Å². The van der Waals surface area contributed by atoms with Gasteiger partial charge in [-0.05, 0) is 55.2 Å². The number of furan rings is 1. The number of benzene rings is 1. The van der Waals surface area contributed by atoms with Crippen molar-refractivity contribution in [1.29, 1.82) is 0 Å². The van der Waals surface area contributed by atoms with Gasteiger partial charge in [0.1, 0.15) is 16.3 Å². The molecule has 1 aliphatic carbocycles. The van der Waals surface area contributed by atoms with Gasteiger partial charge in [0.05, 0.1) is 23.8 Å². The number of hydrogen-bond acceptors (Lipinski definition) is 6. The van der Waals surface area contributed by atoms with E-state index in [4.69, 9.17) is 20.4 Å². The number of halogens is 1. The molecule has 0 unspecified atom stereocenters. The van der Waals surface area contributed by atoms with Crippen LogP contribution in [0.5, 0.6) is 0 Å². The zero-order valence-corrected chi connectivity index (χ0v) is 18.3. The highest BCUT2D eigenvalue weighted by Crippen LogP contribution is 2.39. The van der Waals surface area contributed by atoms with Crippen LogP contribution in [0, 0.1) is 0 Å². The standard InChI is InChI=1S/C23H17ClN2O5S/c24-12-6-7-17-15(9-12)16(27)10-18(31-17)21(28)26-23-20(14-4-1-5-19(14)32-23)22(29)25-11-13-3-2-8-30-13/h2-3,6-10H,1,4-5,11H2,(H,25,29)(H,26,28). The first-order chi connectivity index (χ1) is 15.5. The number of aryl methyl sites for hydroxylation is 1. The molecule has 4 aromatic rings. The molecule has 32 heavy (non-hydrogen) atoms. The Kier molecular flexibility index (Phi) is 5.32. The average Bonchev–Trinajstić information content (AvgIpc) is 3.50. The molecule has 0 bridgehead atoms. The van der Waals surface area contributed by atoms with Gasteiger partial charge in [0.15, 0.2) is 11.2 Å². The lowest BCUT2D eigenvalue weighted by Crippen LogP contribution is -2.25. The molecule has 162 valence electrons. The molecule has 0 fully saturated rings. The van der Waals surface area contributed by atoms with Crippen LogP contribution in [0.15, 0.2) is 56.3 Å². The number of nitrogens with one attached hydrogen (secondary N) is 2. The molecule has 3 heterocycles. The molecule has 2 N–H and O–H groups in total. The van der Waals surface area contributed by atoms with Crippen LogP contribution in [0.4, 0.5) is 5.00 Å². The van der Waals surface area contributed by atoms with E-state index in [2.05, 4.69) is 10.6 Å². The lowest BCUT2D eigenvalue weighted by atomic mass is 10.1. The molecular formula is C23H17ClN2O5S. The molecule has 0 saturated heterocycles. The largest absolute Gasteiger partial charge is 0.467 e. The van der Waals surface area contributed by atoms with E-state index in [1.807, 2.05) is 0 Å². The van der Waals surface area contributed by atoms with Crippen LogP contribution in [0.2, 0.25) is 5.02 Å². The van der Waals surface area contributed by atoms with Crippen molar-refractivity contribution < 1.29 is 18.4 Å². The van der Waals surface area contributed by atoms with E-state index in [9.17, 15) is 14.4 Å². The summed E-state index contributed by atoms with van der Waals surface area (Å²) in [6.07, 6.45) is 4.15. The fourth-order valence-corrected chi connectivity index (χ4v) is 5.26. The molecule has 2 amide bonds. The van der Waals surface area contributed by atoms with E-state index in [0.717, 1.165) is 35.8 Å². The van der Waals surface area contributed by atoms with E-state index in [1.54, 1.807) is 30.5 Å². The summed E-state index contributed by atoms with van der Waals surface area (Å²) >= 11 is 7.32. The Bertz CT molecular complexity index is 1400. The van der Waals surface area contributed by atoms with Gasteiger partial charge >= 0.3 is 0 Å². The van der Waals surface area contributed by atoms with Crippen LogP contribution in [-0.2, 0) is 19.4 Å². The van der Waals surface area contributed by atoms with Crippen molar-refractivity contribution in [3.63, 3.8) is 0 Å². The Morgan fingerprint density at radius 2 is 2.00 bits per heavy atom. The second-order valence-corrected chi connectivity index (χ2v) is 8.93. The molecule has 9 heteroatoms. The van der Waals surface area contributed by atoms with Crippen molar-refractivity contribution in [2.45, 2.75) is 25.8 Å². The van der Waals surface area contributed by atoms with Gasteiger partial charge in [0.2, 0.25) is 0 Å². The van der Waals surface area contributed by atoms with Crippen LogP contribution in [-0.4, -0.2) is 11.8 Å². The molecule has 5 rings (SSSR count). The molecular weight excluding hydrogens is 452 g/mol. The van der Waals surface area contributed by atoms with E-state index in [1.165, 1.54) is 17.4 Å². The van der Waals surface area contributed by atoms with Gasteiger partial charge in [0.25, 0.3) is 11.8 Å². The highest BCUT2D eigenvalue weighted by atomic mass is 35.5. The normalized spacial score (nSPS) is 12.7. The summed E-state index contributed by atoms with van der Waals surface area (Å²) in [4.78, 5) is 39.4. The molecule has 0 atom stereocenters. The van der Waals surface area contributed by atoms with Gasteiger partial charge < -0.3 is 19.5 Å². The second-order valence-electron chi connectivity index (χ2n) is 7.39. The van der Waals surface area contributed by atoms with Crippen molar-refractivity contribution >= 4 is 50.7 Å². The highest BCUT2D eigenvalue weighted by Gasteiger charge is 2.28. The molecule has 0 aliphatic heterocycles. The van der Waals surface area contributed by atoms with Crippen LogP contribution < -0.4 is 16.1 Å². The maximum Gasteiger partial charge on any atom is 0.292 e. The predicted octanol–water partition coefficient (Wildman–Crippen LogP) is 4.77. The maximum atomic E-state index is 13.0. The van der Waals surface area contributed by atoms with Gasteiger partial charge in [-0.15, -0.1) is 11.3 Å². The second kappa shape index (κ2) is 8.29. The quantitative estimate of drug-likeness (QED) is 0.439. The van der Waals surface area contributed by atoms with Crippen LogP contribution in [0.25, 0.3) is 11.0 Å². The minimum Gasteiger partial charge on any atom is -0.467 e. The summed E-state index contributed by atoms with van der Waals surface area (Å²) < 4.78 is 10.9. The third-order valence-electron chi connectivity index (χ3n) is 5.29. The Morgan fingerprint density at radius 1 is 1.12 bits per heavy atom. The first-order valence-corrected chi connectivity index (χ1v) is 11.2. The first-order valence-electron chi connectivity index (χ1n) is 9.99. The van der Waals surface area contributed by atoms with E-state index < -0.39 is 5.91 Å². The molecule has 0 saturated carbocycles. The highest BCUT2D eigenvalue weighted by molar-refractivity contribution is 7.17. The number of thiophene rings is 1. The van der Waals surface area contributed by atoms with Crippen molar-refractivity contribution in [1.82, 2.24) is 5.32 Å². The summed E-state index contributed by atoms with van der Waals surface area (Å²) in [6, 6.07) is 9.28. The van der Waals surface area contributed by atoms with Crippen LogP contribution >= 0.6 is 22.9 Å². The summed E-state index contributed by atoms with van der Waals surface area (Å²) in [5.41, 5.74) is 1.30. The Labute approximate surface area is 191 Å². The molecule has 1 aromatic carbocycles. The Morgan fingerprint density at radius 3 is 2.81 bits per heavy atom. The van der Waals surface area contributed by atoms with Crippen molar-refractivity contribution in [3.8, 4) is 0 Å². The number of carbonyl (C=O) groups excluding carboxylic acids is 2. The first kappa shape index (κ1) is 20.5. The predicted molar refractivity (Wildman–Crippen MR) is 122 cm³/mol. The maximum absolute atomic E-state index is 13.0. The molecule has 1 aliphatic rings. The lowest BCUT2D eigenvalue weighted by molar-refractivity contribution is 0.0948. The summed E-state index contributed by atoms with van der Waals surface area (Å²) in [7, 11) is 0. The monoisotopic (exact) mass is 468 g/mol. The van der Waals surface area contributed by atoms with E-state index >= 15 is 0 Å². The number of fused-ring (bicyclic) bond motifs is 2. The van der Waals surface area contributed by atoms with Gasteiger partial charge in [-0.3, -0.25) is 14.4 Å². The summed E-state index contributed by atoms with van der Waals surface area (Å²) in [6.45, 7) is 0.242. The number of rotatable bonds is 5. The van der Waals surface area contributed by atoms with Crippen LogP contribution in [0.1, 0.15) is 43.5 Å². The van der Waals surface area contributed by atoms with Gasteiger partial charge in [-0.1, -0.05) is 11.6 Å². The smallest absolute Gasteiger partial charge is 0.292 e. The third-order valence-corrected chi connectivity index (χ3v) is 6.73. The number of hydrogen-bond donors (Lipinski definition) is 2. The lowest BCUT2D eigenvalue weighted by Gasteiger charge is -2.09. The number of anilines is 1. The van der Waals surface area contributed by atoms with E-state index in [0.29, 0.717) is 26.7 Å². The number of amides is 2. The Balaban J connectivity index is 1.43. The van der Waals surface area contributed by atoms with E-state index in [-0.39, 0.29) is 29.2 Å². The van der Waals surface area contributed by atoms with Crippen LogP contribution in [0.3, 0.4) is 0 Å². The SMILES string of the molecule is O=C(Nc1sc2c(c1C(=O)NCc1ccco1)CCC2)c1cc(=O)c2cc(Cl)ccc2o1. The zero-order chi connectivity index (χ0) is 22.2. The van der Waals surface area contributed by atoms with Gasteiger partial charge in [-0.25, -0.2) is 0 Å². The van der Waals surface area contributed by atoms with Gasteiger partial charge in [0, 0.05) is 16.0 Å². The fraction of sp³-hybridized carbons (Fsp3) is 0.174. The van der Waals surface area contributed by atoms with Crippen molar-refractivity contribution in [2.24, 2.45) is 0 Å².